The van der Waals surface area contributed by atoms with Crippen LogP contribution in [0.2, 0.25) is 0 Å². The molecule has 7 nitrogen and oxygen atoms in total. The minimum absolute atomic E-state index is 0.0765. The van der Waals surface area contributed by atoms with E-state index >= 15 is 0 Å². The number of nitrogens with zero attached hydrogens (tertiary/aromatic N) is 3. The van der Waals surface area contributed by atoms with Crippen LogP contribution in [0, 0.1) is 0 Å². The van der Waals surface area contributed by atoms with E-state index in [2.05, 4.69) is 40.4 Å². The Labute approximate surface area is 194 Å². The number of carbonyl (C=O) groups excluding carboxylic acids is 3. The quantitative estimate of drug-likeness (QED) is 0.691. The average molecular weight is 447 g/mol. The Bertz CT molecular complexity index is 1060. The van der Waals surface area contributed by atoms with Crippen LogP contribution in [0.5, 0.6) is 0 Å². The highest BCUT2D eigenvalue weighted by Crippen LogP contribution is 2.32. The predicted octanol–water partition coefficient (Wildman–Crippen LogP) is 2.62. The fraction of sp³-hybridized carbons (Fsp3) is 0.423. The molecule has 3 amide bonds. The fourth-order valence-corrected chi connectivity index (χ4v) is 5.27. The van der Waals surface area contributed by atoms with Crippen LogP contribution in [0.4, 0.5) is 5.69 Å². The van der Waals surface area contributed by atoms with E-state index in [0.29, 0.717) is 17.7 Å². The zero-order valence-electron chi connectivity index (χ0n) is 19.0. The number of likely N-dealkylation sites (N-methyl/N-ethyl adjacent to an activating group) is 1. The first kappa shape index (κ1) is 21.6. The number of rotatable bonds is 6. The standard InChI is InChI=1S/C26H30N4O3/c1-28-14-11-19-15-18(9-10-22(19)28)23(29-12-5-2-6-13-29)16-27-24(31)17-30-25(32)20-7-3-4-8-21(20)26(30)33/h3-4,7-10,15,23H,2,5-6,11-14,16-17H2,1H3,(H,27,31)/t23-/m1/s1. The van der Waals surface area contributed by atoms with Gasteiger partial charge in [-0.2, -0.15) is 0 Å². The summed E-state index contributed by atoms with van der Waals surface area (Å²) in [6.45, 7) is 3.25. The van der Waals surface area contributed by atoms with Gasteiger partial charge in [-0.3, -0.25) is 24.2 Å². The van der Waals surface area contributed by atoms with Crippen molar-refractivity contribution in [3.8, 4) is 0 Å². The lowest BCUT2D eigenvalue weighted by Crippen LogP contribution is -2.44. The van der Waals surface area contributed by atoms with Crippen LogP contribution in [-0.2, 0) is 11.2 Å². The molecule has 7 heteroatoms. The Hall–Kier alpha value is -3.19. The molecule has 1 fully saturated rings. The second kappa shape index (κ2) is 8.98. The summed E-state index contributed by atoms with van der Waals surface area (Å²) in [7, 11) is 2.12. The Kier molecular flexibility index (Phi) is 5.89. The molecule has 172 valence electrons. The van der Waals surface area contributed by atoms with Gasteiger partial charge in [0.15, 0.2) is 0 Å². The van der Waals surface area contributed by atoms with Gasteiger partial charge in [0.05, 0.1) is 17.2 Å². The van der Waals surface area contributed by atoms with Crippen molar-refractivity contribution in [1.82, 2.24) is 15.1 Å². The summed E-state index contributed by atoms with van der Waals surface area (Å²) in [5.41, 5.74) is 4.58. The van der Waals surface area contributed by atoms with Gasteiger partial charge in [0.1, 0.15) is 6.54 Å². The number of carbonyl (C=O) groups is 3. The van der Waals surface area contributed by atoms with Crippen molar-refractivity contribution in [2.75, 3.05) is 44.7 Å². The molecule has 0 bridgehead atoms. The fourth-order valence-electron chi connectivity index (χ4n) is 5.27. The average Bonchev–Trinajstić information content (AvgIpc) is 3.33. The Balaban J connectivity index is 1.28. The van der Waals surface area contributed by atoms with E-state index in [0.717, 1.165) is 43.8 Å². The summed E-state index contributed by atoms with van der Waals surface area (Å²) >= 11 is 0. The molecule has 3 aliphatic rings. The molecule has 0 spiro atoms. The largest absolute Gasteiger partial charge is 0.374 e. The van der Waals surface area contributed by atoms with Gasteiger partial charge in [0.2, 0.25) is 5.91 Å². The number of imide groups is 1. The third kappa shape index (κ3) is 4.13. The molecular weight excluding hydrogens is 416 g/mol. The topological polar surface area (TPSA) is 73.0 Å². The lowest BCUT2D eigenvalue weighted by Gasteiger charge is -2.35. The third-order valence-corrected chi connectivity index (χ3v) is 7.12. The molecule has 2 aromatic carbocycles. The van der Waals surface area contributed by atoms with Gasteiger partial charge in [-0.1, -0.05) is 30.7 Å². The van der Waals surface area contributed by atoms with Crippen LogP contribution in [0.3, 0.4) is 0 Å². The Morgan fingerprint density at radius 2 is 1.67 bits per heavy atom. The smallest absolute Gasteiger partial charge is 0.262 e. The summed E-state index contributed by atoms with van der Waals surface area (Å²) in [6, 6.07) is 13.4. The van der Waals surface area contributed by atoms with Crippen LogP contribution in [0.25, 0.3) is 0 Å². The lowest BCUT2D eigenvalue weighted by atomic mass is 9.98. The van der Waals surface area contributed by atoms with Crippen molar-refractivity contribution in [2.45, 2.75) is 31.7 Å². The second-order valence-electron chi connectivity index (χ2n) is 9.22. The number of hydrogen-bond donors (Lipinski definition) is 1. The predicted molar refractivity (Wildman–Crippen MR) is 126 cm³/mol. The number of amides is 3. The van der Waals surface area contributed by atoms with Crippen LogP contribution < -0.4 is 10.2 Å². The molecule has 0 aromatic heterocycles. The molecule has 2 aromatic rings. The van der Waals surface area contributed by atoms with Gasteiger partial charge in [-0.05, 0) is 61.7 Å². The molecule has 0 radical (unpaired) electrons. The molecule has 5 rings (SSSR count). The summed E-state index contributed by atoms with van der Waals surface area (Å²) < 4.78 is 0. The maximum Gasteiger partial charge on any atom is 0.262 e. The van der Waals surface area contributed by atoms with Gasteiger partial charge < -0.3 is 10.2 Å². The van der Waals surface area contributed by atoms with Crippen molar-refractivity contribution >= 4 is 23.4 Å². The first-order valence-corrected chi connectivity index (χ1v) is 11.8. The monoisotopic (exact) mass is 446 g/mol. The first-order chi connectivity index (χ1) is 16.0. The van der Waals surface area contributed by atoms with Gasteiger partial charge >= 0.3 is 0 Å². The Morgan fingerprint density at radius 3 is 2.36 bits per heavy atom. The van der Waals surface area contributed by atoms with E-state index in [1.165, 1.54) is 23.2 Å². The Morgan fingerprint density at radius 1 is 0.970 bits per heavy atom. The molecule has 0 unspecified atom stereocenters. The number of nitrogens with one attached hydrogen (secondary N) is 1. The van der Waals surface area contributed by atoms with Gasteiger partial charge in [0.25, 0.3) is 11.8 Å². The van der Waals surface area contributed by atoms with Crippen molar-refractivity contribution in [3.63, 3.8) is 0 Å². The lowest BCUT2D eigenvalue weighted by molar-refractivity contribution is -0.121. The van der Waals surface area contributed by atoms with Gasteiger partial charge in [-0.15, -0.1) is 0 Å². The van der Waals surface area contributed by atoms with Crippen molar-refractivity contribution < 1.29 is 14.4 Å². The number of anilines is 1. The number of piperidine rings is 1. The third-order valence-electron chi connectivity index (χ3n) is 7.12. The van der Waals surface area contributed by atoms with Crippen LogP contribution >= 0.6 is 0 Å². The highest BCUT2D eigenvalue weighted by atomic mass is 16.2. The zero-order chi connectivity index (χ0) is 22.9. The van der Waals surface area contributed by atoms with Crippen LogP contribution in [-0.4, -0.2) is 67.3 Å². The summed E-state index contributed by atoms with van der Waals surface area (Å²) in [5.74, 6) is -1.12. The van der Waals surface area contributed by atoms with Crippen molar-refractivity contribution in [3.05, 3.63) is 64.7 Å². The van der Waals surface area contributed by atoms with Crippen LogP contribution in [0.15, 0.2) is 42.5 Å². The normalized spacial score (nSPS) is 18.9. The SMILES string of the molecule is CN1CCc2cc([C@@H](CNC(=O)CN3C(=O)c4ccccc4C3=O)N3CCCCC3)ccc21. The highest BCUT2D eigenvalue weighted by molar-refractivity contribution is 6.22. The molecule has 0 saturated carbocycles. The molecular formula is C26H30N4O3. The number of likely N-dealkylation sites (tertiary alicyclic amines) is 1. The zero-order valence-corrected chi connectivity index (χ0v) is 19.0. The second-order valence-corrected chi connectivity index (χ2v) is 9.22. The van der Waals surface area contributed by atoms with Gasteiger partial charge in [-0.25, -0.2) is 0 Å². The molecule has 3 aliphatic heterocycles. The van der Waals surface area contributed by atoms with Crippen molar-refractivity contribution in [2.24, 2.45) is 0 Å². The van der Waals surface area contributed by atoms with E-state index in [9.17, 15) is 14.4 Å². The molecule has 33 heavy (non-hydrogen) atoms. The van der Waals surface area contributed by atoms with E-state index < -0.39 is 11.8 Å². The minimum Gasteiger partial charge on any atom is -0.374 e. The molecule has 3 heterocycles. The summed E-state index contributed by atoms with van der Waals surface area (Å²) in [5, 5.41) is 3.01. The highest BCUT2D eigenvalue weighted by Gasteiger charge is 2.36. The first-order valence-electron chi connectivity index (χ1n) is 11.8. The maximum atomic E-state index is 12.8. The van der Waals surface area contributed by atoms with E-state index in [4.69, 9.17) is 0 Å². The number of fused-ring (bicyclic) bond motifs is 2. The minimum atomic E-state index is -0.402. The summed E-state index contributed by atoms with van der Waals surface area (Å²) in [6.07, 6.45) is 4.60. The maximum absolute atomic E-state index is 12.8. The number of benzene rings is 2. The molecule has 1 atom stereocenters. The molecule has 1 saturated heterocycles. The number of hydrogen-bond acceptors (Lipinski definition) is 5. The molecule has 0 aliphatic carbocycles. The van der Waals surface area contributed by atoms with E-state index in [1.807, 2.05) is 0 Å². The van der Waals surface area contributed by atoms with E-state index in [1.54, 1.807) is 24.3 Å². The molecule has 1 N–H and O–H groups in total. The van der Waals surface area contributed by atoms with Gasteiger partial charge in [0, 0.05) is 25.8 Å². The summed E-state index contributed by atoms with van der Waals surface area (Å²) in [4.78, 5) is 43.8. The van der Waals surface area contributed by atoms with Crippen molar-refractivity contribution in [1.29, 1.82) is 0 Å². The van der Waals surface area contributed by atoms with E-state index in [-0.39, 0.29) is 18.5 Å². The van der Waals surface area contributed by atoms with Crippen LogP contribution in [0.1, 0.15) is 57.1 Å².